The van der Waals surface area contributed by atoms with Crippen molar-refractivity contribution in [1.29, 1.82) is 0 Å². The molecule has 0 aromatic rings. The zero-order valence-electron chi connectivity index (χ0n) is 9.26. The third kappa shape index (κ3) is 6.86. The molecule has 1 nitrogen and oxygen atoms in total. The van der Waals surface area contributed by atoms with Crippen molar-refractivity contribution in [3.63, 3.8) is 0 Å². The lowest BCUT2D eigenvalue weighted by molar-refractivity contribution is 0.332. The van der Waals surface area contributed by atoms with Gasteiger partial charge in [-0.25, -0.2) is 0 Å². The molecule has 0 aliphatic heterocycles. The molecule has 0 spiro atoms. The van der Waals surface area contributed by atoms with Crippen molar-refractivity contribution in [1.82, 2.24) is 0 Å². The van der Waals surface area contributed by atoms with Crippen LogP contribution in [0.5, 0.6) is 0 Å². The summed E-state index contributed by atoms with van der Waals surface area (Å²) in [5.74, 6) is 1.62. The third-order valence-corrected chi connectivity index (χ3v) is 5.61. The molecule has 12 heavy (non-hydrogen) atoms. The van der Waals surface area contributed by atoms with Gasteiger partial charge in [0.05, 0.1) is 0 Å². The molecule has 0 bridgehead atoms. The zero-order valence-corrected chi connectivity index (χ0v) is 10.4. The third-order valence-electron chi connectivity index (χ3n) is 1.87. The molecule has 0 radical (unpaired) electrons. The smallest absolute Gasteiger partial charge is 0.177 e. The minimum absolute atomic E-state index is 0.812. The maximum Gasteiger partial charge on any atom is 0.177 e. The molecular formula is C10H24OSi. The van der Waals surface area contributed by atoms with E-state index < -0.39 is 9.04 Å². The second-order valence-corrected chi connectivity index (χ2v) is 6.86. The Balaban J connectivity index is 3.69. The summed E-state index contributed by atoms with van der Waals surface area (Å²) in [6, 6.07) is 2.68. The molecule has 0 heterocycles. The Hall–Kier alpha value is 0.177. The highest BCUT2D eigenvalue weighted by molar-refractivity contribution is 6.51. The minimum atomic E-state index is -0.850. The normalized spacial score (nSPS) is 12.0. The lowest BCUT2D eigenvalue weighted by atomic mass is 10.3. The van der Waals surface area contributed by atoms with Crippen LogP contribution in [0.2, 0.25) is 12.1 Å². The molecule has 0 fully saturated rings. The van der Waals surface area contributed by atoms with Gasteiger partial charge in [-0.1, -0.05) is 27.7 Å². The van der Waals surface area contributed by atoms with Crippen LogP contribution in [-0.4, -0.2) is 15.6 Å². The van der Waals surface area contributed by atoms with Gasteiger partial charge in [-0.3, -0.25) is 0 Å². The summed E-state index contributed by atoms with van der Waals surface area (Å²) in [5, 5.41) is 0. The van der Waals surface area contributed by atoms with Crippen molar-refractivity contribution in [3.05, 3.63) is 0 Å². The van der Waals surface area contributed by atoms with E-state index in [2.05, 4.69) is 34.6 Å². The van der Waals surface area contributed by atoms with Gasteiger partial charge in [0.15, 0.2) is 9.04 Å². The first-order chi connectivity index (χ1) is 5.56. The lowest BCUT2D eigenvalue weighted by Crippen LogP contribution is -2.21. The number of hydrogen-bond donors (Lipinski definition) is 0. The molecule has 0 aromatic carbocycles. The van der Waals surface area contributed by atoms with E-state index in [-0.39, 0.29) is 0 Å². The molecule has 0 aliphatic rings. The highest BCUT2D eigenvalue weighted by atomic mass is 28.3. The Morgan fingerprint density at radius 2 is 1.42 bits per heavy atom. The van der Waals surface area contributed by atoms with E-state index in [0.29, 0.717) is 0 Å². The Morgan fingerprint density at radius 1 is 1.00 bits per heavy atom. The predicted molar refractivity (Wildman–Crippen MR) is 58.1 cm³/mol. The van der Waals surface area contributed by atoms with E-state index in [1.54, 1.807) is 0 Å². The SMILES string of the molecule is CCO[SiH](CC(C)C)CC(C)C. The highest BCUT2D eigenvalue weighted by Gasteiger charge is 2.14. The van der Waals surface area contributed by atoms with E-state index >= 15 is 0 Å². The molecule has 0 rings (SSSR count). The summed E-state index contributed by atoms with van der Waals surface area (Å²) in [6.45, 7) is 12.2. The first-order valence-corrected chi connectivity index (χ1v) is 7.28. The van der Waals surface area contributed by atoms with Crippen LogP contribution in [0.1, 0.15) is 34.6 Å². The van der Waals surface area contributed by atoms with Crippen LogP contribution in [0.25, 0.3) is 0 Å². The number of rotatable bonds is 6. The van der Waals surface area contributed by atoms with Crippen LogP contribution < -0.4 is 0 Å². The molecule has 2 heteroatoms. The van der Waals surface area contributed by atoms with E-state index in [1.165, 1.54) is 12.1 Å². The summed E-state index contributed by atoms with van der Waals surface area (Å²) in [6.07, 6.45) is 0. The van der Waals surface area contributed by atoms with Crippen LogP contribution in [0, 0.1) is 11.8 Å². The Morgan fingerprint density at radius 3 is 1.67 bits per heavy atom. The van der Waals surface area contributed by atoms with E-state index in [0.717, 1.165) is 18.4 Å². The van der Waals surface area contributed by atoms with Gasteiger partial charge in [-0.15, -0.1) is 0 Å². The second-order valence-electron chi connectivity index (χ2n) is 4.34. The predicted octanol–water partition coefficient (Wildman–Crippen LogP) is 3.06. The fraction of sp³-hybridized carbons (Fsp3) is 1.00. The van der Waals surface area contributed by atoms with Gasteiger partial charge in [0.1, 0.15) is 0 Å². The highest BCUT2D eigenvalue weighted by Crippen LogP contribution is 2.15. The van der Waals surface area contributed by atoms with E-state index in [1.807, 2.05) is 0 Å². The molecule has 0 aromatic heterocycles. The van der Waals surface area contributed by atoms with Gasteiger partial charge >= 0.3 is 0 Å². The number of hydrogen-bond acceptors (Lipinski definition) is 1. The largest absolute Gasteiger partial charge is 0.420 e. The standard InChI is InChI=1S/C10H24OSi/c1-6-11-12(7-9(2)3)8-10(4)5/h9-10,12H,6-8H2,1-5H3. The summed E-state index contributed by atoms with van der Waals surface area (Å²) < 4.78 is 5.80. The molecule has 0 unspecified atom stereocenters. The lowest BCUT2D eigenvalue weighted by Gasteiger charge is -2.18. The zero-order chi connectivity index (χ0) is 9.56. The van der Waals surface area contributed by atoms with E-state index in [9.17, 15) is 0 Å². The van der Waals surface area contributed by atoms with Crippen molar-refractivity contribution in [2.75, 3.05) is 6.61 Å². The van der Waals surface area contributed by atoms with Crippen LogP contribution in [0.4, 0.5) is 0 Å². The van der Waals surface area contributed by atoms with Gasteiger partial charge in [0, 0.05) is 6.61 Å². The van der Waals surface area contributed by atoms with Crippen molar-refractivity contribution >= 4 is 9.04 Å². The molecule has 0 saturated carbocycles. The van der Waals surface area contributed by atoms with Gasteiger partial charge in [-0.05, 0) is 30.8 Å². The fourth-order valence-corrected chi connectivity index (χ4v) is 4.56. The molecule has 0 atom stereocenters. The Kier molecular flexibility index (Phi) is 6.77. The minimum Gasteiger partial charge on any atom is -0.420 e. The van der Waals surface area contributed by atoms with Crippen molar-refractivity contribution in [2.24, 2.45) is 11.8 Å². The monoisotopic (exact) mass is 188 g/mol. The quantitative estimate of drug-likeness (QED) is 0.582. The average Bonchev–Trinajstić information content (AvgIpc) is 1.84. The maximum atomic E-state index is 5.80. The Labute approximate surface area is 79.2 Å². The van der Waals surface area contributed by atoms with Crippen molar-refractivity contribution in [3.8, 4) is 0 Å². The van der Waals surface area contributed by atoms with Gasteiger partial charge in [0.2, 0.25) is 0 Å². The van der Waals surface area contributed by atoms with Crippen LogP contribution >= 0.6 is 0 Å². The molecule has 0 amide bonds. The van der Waals surface area contributed by atoms with Crippen LogP contribution in [0.15, 0.2) is 0 Å². The summed E-state index contributed by atoms with van der Waals surface area (Å²) in [4.78, 5) is 0. The summed E-state index contributed by atoms with van der Waals surface area (Å²) >= 11 is 0. The first-order valence-electron chi connectivity index (χ1n) is 5.17. The second kappa shape index (κ2) is 6.67. The van der Waals surface area contributed by atoms with E-state index in [4.69, 9.17) is 4.43 Å². The molecule has 0 saturated heterocycles. The topological polar surface area (TPSA) is 9.23 Å². The van der Waals surface area contributed by atoms with Gasteiger partial charge < -0.3 is 4.43 Å². The van der Waals surface area contributed by atoms with Gasteiger partial charge in [0.25, 0.3) is 0 Å². The summed E-state index contributed by atoms with van der Waals surface area (Å²) in [7, 11) is -0.850. The first kappa shape index (κ1) is 12.2. The van der Waals surface area contributed by atoms with Crippen LogP contribution in [-0.2, 0) is 4.43 Å². The molecular weight excluding hydrogens is 164 g/mol. The molecule has 0 N–H and O–H groups in total. The average molecular weight is 188 g/mol. The van der Waals surface area contributed by atoms with Gasteiger partial charge in [-0.2, -0.15) is 0 Å². The van der Waals surface area contributed by atoms with Crippen molar-refractivity contribution < 1.29 is 4.43 Å². The molecule has 74 valence electrons. The molecule has 0 aliphatic carbocycles. The Bertz CT molecular complexity index is 92.0. The maximum absolute atomic E-state index is 5.80. The fourth-order valence-electron chi connectivity index (χ4n) is 1.52. The van der Waals surface area contributed by atoms with Crippen molar-refractivity contribution in [2.45, 2.75) is 46.7 Å². The summed E-state index contributed by atoms with van der Waals surface area (Å²) in [5.41, 5.74) is 0. The van der Waals surface area contributed by atoms with Crippen LogP contribution in [0.3, 0.4) is 0 Å².